The fourth-order valence-corrected chi connectivity index (χ4v) is 3.04. The number of fused-ring (bicyclic) bond motifs is 1. The molecule has 0 aromatic carbocycles. The average molecular weight is 273 g/mol. The van der Waals surface area contributed by atoms with E-state index in [1.807, 2.05) is 30.5 Å². The van der Waals surface area contributed by atoms with E-state index in [1.165, 1.54) is 23.4 Å². The lowest BCUT2D eigenvalue weighted by molar-refractivity contribution is 0.252. The molecule has 0 amide bonds. The molecule has 20 heavy (non-hydrogen) atoms. The van der Waals surface area contributed by atoms with E-state index in [4.69, 9.17) is 0 Å². The summed E-state index contributed by atoms with van der Waals surface area (Å²) in [6, 6.07) is 0.466. The van der Waals surface area contributed by atoms with Crippen molar-refractivity contribution in [3.63, 3.8) is 0 Å². The zero-order valence-electron chi connectivity index (χ0n) is 12.6. The summed E-state index contributed by atoms with van der Waals surface area (Å²) >= 11 is 0. The summed E-state index contributed by atoms with van der Waals surface area (Å²) < 4.78 is 4.28. The van der Waals surface area contributed by atoms with Gasteiger partial charge >= 0.3 is 0 Å². The van der Waals surface area contributed by atoms with Crippen molar-refractivity contribution in [2.45, 2.75) is 45.8 Å². The van der Waals surface area contributed by atoms with Crippen LogP contribution in [0.3, 0.4) is 0 Å². The molecule has 0 bridgehead atoms. The van der Waals surface area contributed by atoms with Gasteiger partial charge in [0.25, 0.3) is 0 Å². The first-order valence-electron chi connectivity index (χ1n) is 7.38. The molecule has 3 heterocycles. The minimum absolute atomic E-state index is 0.466. The Labute approximate surface area is 120 Å². The zero-order chi connectivity index (χ0) is 14.1. The van der Waals surface area contributed by atoms with Crippen molar-refractivity contribution in [1.82, 2.24) is 24.2 Å². The molecule has 0 aliphatic carbocycles. The number of aryl methyl sites for hydroxylation is 1. The smallest absolute Gasteiger partial charge is 0.0951 e. The summed E-state index contributed by atoms with van der Waals surface area (Å²) in [6.07, 6.45) is 8.28. The van der Waals surface area contributed by atoms with Gasteiger partial charge in [0, 0.05) is 43.6 Å². The van der Waals surface area contributed by atoms with Crippen molar-refractivity contribution in [2.75, 3.05) is 6.54 Å². The van der Waals surface area contributed by atoms with E-state index >= 15 is 0 Å². The lowest BCUT2D eigenvalue weighted by Gasteiger charge is -2.21. The molecule has 0 saturated heterocycles. The molecule has 3 rings (SSSR count). The number of rotatable bonds is 3. The largest absolute Gasteiger partial charge is 0.331 e. The summed E-state index contributed by atoms with van der Waals surface area (Å²) in [5.74, 6) is 0. The van der Waals surface area contributed by atoms with Crippen molar-refractivity contribution >= 4 is 0 Å². The first-order chi connectivity index (χ1) is 9.65. The second-order valence-electron chi connectivity index (χ2n) is 5.94. The van der Waals surface area contributed by atoms with Crippen LogP contribution in [-0.2, 0) is 26.6 Å². The van der Waals surface area contributed by atoms with Crippen LogP contribution in [0.15, 0.2) is 18.7 Å². The van der Waals surface area contributed by atoms with E-state index in [9.17, 15) is 0 Å². The quantitative estimate of drug-likeness (QED) is 0.860. The molecule has 0 fully saturated rings. The normalized spacial score (nSPS) is 16.4. The molecule has 1 aliphatic heterocycles. The number of hydrogen-bond donors (Lipinski definition) is 0. The van der Waals surface area contributed by atoms with Crippen LogP contribution in [0.4, 0.5) is 0 Å². The maximum atomic E-state index is 4.39. The summed E-state index contributed by atoms with van der Waals surface area (Å²) in [7, 11) is 2.04. The van der Waals surface area contributed by atoms with Crippen LogP contribution in [0, 0.1) is 0 Å². The Morgan fingerprint density at radius 3 is 2.95 bits per heavy atom. The Bertz CT molecular complexity index is 581. The van der Waals surface area contributed by atoms with E-state index in [1.54, 1.807) is 0 Å². The molecule has 2 aromatic rings. The van der Waals surface area contributed by atoms with E-state index in [2.05, 4.69) is 33.4 Å². The van der Waals surface area contributed by atoms with Gasteiger partial charge in [-0.15, -0.1) is 0 Å². The average Bonchev–Trinajstić information content (AvgIpc) is 2.93. The van der Waals surface area contributed by atoms with Gasteiger partial charge in [-0.25, -0.2) is 4.98 Å². The van der Waals surface area contributed by atoms with E-state index in [0.717, 1.165) is 26.1 Å². The van der Waals surface area contributed by atoms with Gasteiger partial charge in [0.05, 0.1) is 18.2 Å². The Kier molecular flexibility index (Phi) is 3.61. The minimum atomic E-state index is 0.466. The molecular formula is C15H23N5. The summed E-state index contributed by atoms with van der Waals surface area (Å²) in [5, 5.41) is 4.39. The molecule has 5 nitrogen and oxygen atoms in total. The topological polar surface area (TPSA) is 38.9 Å². The first-order valence-corrected chi connectivity index (χ1v) is 7.38. The molecule has 0 N–H and O–H groups in total. The molecule has 0 unspecified atom stereocenters. The maximum Gasteiger partial charge on any atom is 0.0951 e. The summed E-state index contributed by atoms with van der Waals surface area (Å²) in [4.78, 5) is 6.80. The van der Waals surface area contributed by atoms with E-state index < -0.39 is 0 Å². The molecule has 0 radical (unpaired) electrons. The Morgan fingerprint density at radius 2 is 2.15 bits per heavy atom. The van der Waals surface area contributed by atoms with Gasteiger partial charge in [-0.3, -0.25) is 9.58 Å². The first kappa shape index (κ1) is 13.4. The van der Waals surface area contributed by atoms with Crippen LogP contribution in [0.25, 0.3) is 0 Å². The second-order valence-corrected chi connectivity index (χ2v) is 5.94. The van der Waals surface area contributed by atoms with Crippen molar-refractivity contribution < 1.29 is 0 Å². The predicted octanol–water partition coefficient (Wildman–Crippen LogP) is 2.15. The van der Waals surface area contributed by atoms with Crippen LogP contribution >= 0.6 is 0 Å². The summed E-state index contributed by atoms with van der Waals surface area (Å²) in [6.45, 7) is 7.50. The molecule has 1 aliphatic rings. The highest BCUT2D eigenvalue weighted by atomic mass is 15.3. The van der Waals surface area contributed by atoms with Crippen molar-refractivity contribution in [3.05, 3.63) is 35.7 Å². The van der Waals surface area contributed by atoms with Crippen molar-refractivity contribution in [2.24, 2.45) is 7.05 Å². The van der Waals surface area contributed by atoms with Gasteiger partial charge in [-0.2, -0.15) is 5.10 Å². The van der Waals surface area contributed by atoms with Crippen molar-refractivity contribution in [1.29, 1.82) is 0 Å². The van der Waals surface area contributed by atoms with Gasteiger partial charge < -0.3 is 4.57 Å². The number of imidazole rings is 1. The zero-order valence-corrected chi connectivity index (χ0v) is 12.6. The van der Waals surface area contributed by atoms with Gasteiger partial charge in [0.1, 0.15) is 0 Å². The van der Waals surface area contributed by atoms with Crippen molar-refractivity contribution in [3.8, 4) is 0 Å². The number of hydrogen-bond acceptors (Lipinski definition) is 3. The van der Waals surface area contributed by atoms with E-state index in [-0.39, 0.29) is 0 Å². The highest BCUT2D eigenvalue weighted by molar-refractivity contribution is 5.19. The molecule has 0 spiro atoms. The Hall–Kier alpha value is -1.62. The third kappa shape index (κ3) is 2.50. The fraction of sp³-hybridized carbons (Fsp3) is 0.600. The third-order valence-electron chi connectivity index (χ3n) is 4.12. The molecule has 0 saturated carbocycles. The molecular weight excluding hydrogens is 250 g/mol. The Balaban J connectivity index is 1.77. The monoisotopic (exact) mass is 273 g/mol. The van der Waals surface area contributed by atoms with Gasteiger partial charge in [0.2, 0.25) is 0 Å². The highest BCUT2D eigenvalue weighted by Crippen LogP contribution is 2.20. The SMILES string of the molecule is CC(C)n1cncc1CN1CCCc2c(cnn2C)C1. The van der Waals surface area contributed by atoms with Crippen LogP contribution in [0.2, 0.25) is 0 Å². The van der Waals surface area contributed by atoms with Gasteiger partial charge in [0.15, 0.2) is 0 Å². The number of nitrogens with zero attached hydrogens (tertiary/aromatic N) is 5. The lowest BCUT2D eigenvalue weighted by Crippen LogP contribution is -2.24. The standard InChI is InChI=1S/C15H23N5/c1-12(2)20-11-16-8-14(20)10-19-6-4-5-15-13(9-19)7-17-18(15)3/h7-8,11-12H,4-6,9-10H2,1-3H3. The van der Waals surface area contributed by atoms with Crippen LogP contribution in [0.1, 0.15) is 43.3 Å². The second kappa shape index (κ2) is 5.40. The minimum Gasteiger partial charge on any atom is -0.331 e. The maximum absolute atomic E-state index is 4.39. The van der Waals surface area contributed by atoms with Gasteiger partial charge in [-0.05, 0) is 33.2 Å². The molecule has 108 valence electrons. The van der Waals surface area contributed by atoms with Crippen LogP contribution in [-0.4, -0.2) is 30.8 Å². The molecule has 0 atom stereocenters. The van der Waals surface area contributed by atoms with E-state index in [0.29, 0.717) is 6.04 Å². The summed E-state index contributed by atoms with van der Waals surface area (Å²) in [5.41, 5.74) is 4.07. The Morgan fingerprint density at radius 1 is 1.30 bits per heavy atom. The van der Waals surface area contributed by atoms with Gasteiger partial charge in [-0.1, -0.05) is 0 Å². The lowest BCUT2D eigenvalue weighted by atomic mass is 10.2. The predicted molar refractivity (Wildman–Crippen MR) is 78.3 cm³/mol. The fourth-order valence-electron chi connectivity index (χ4n) is 3.04. The highest BCUT2D eigenvalue weighted by Gasteiger charge is 2.18. The third-order valence-corrected chi connectivity index (χ3v) is 4.12. The number of aromatic nitrogens is 4. The van der Waals surface area contributed by atoms with Crippen LogP contribution < -0.4 is 0 Å². The molecule has 2 aromatic heterocycles. The van der Waals surface area contributed by atoms with Crippen LogP contribution in [0.5, 0.6) is 0 Å². The molecule has 5 heteroatoms.